The maximum absolute atomic E-state index is 12.5. The zero-order valence-electron chi connectivity index (χ0n) is 21.5. The van der Waals surface area contributed by atoms with E-state index in [1.165, 1.54) is 63.9 Å². The van der Waals surface area contributed by atoms with Gasteiger partial charge in [0, 0.05) is 12.5 Å². The minimum absolute atomic E-state index is 0.165. The summed E-state index contributed by atoms with van der Waals surface area (Å²) in [4.78, 5) is 12.5. The summed E-state index contributed by atoms with van der Waals surface area (Å²) in [5.41, 5.74) is 2.18. The highest BCUT2D eigenvalue weighted by atomic mass is 35.5. The van der Waals surface area contributed by atoms with Crippen molar-refractivity contribution in [3.63, 3.8) is 0 Å². The van der Waals surface area contributed by atoms with Gasteiger partial charge in [-0.15, -0.1) is 10.2 Å². The smallest absolute Gasteiger partial charge is 0.311 e. The van der Waals surface area contributed by atoms with Crippen LogP contribution in [0, 0.1) is 6.92 Å². The fraction of sp³-hybridized carbons (Fsp3) is 0.621. The molecule has 5 nitrogen and oxygen atoms in total. The molecular formula is C29H41ClN2O3. The monoisotopic (exact) mass is 500 g/mol. The lowest BCUT2D eigenvalue weighted by Gasteiger charge is -2.14. The van der Waals surface area contributed by atoms with Gasteiger partial charge in [0.1, 0.15) is 5.75 Å². The third-order valence-electron chi connectivity index (χ3n) is 6.61. The van der Waals surface area contributed by atoms with Gasteiger partial charge in [0.05, 0.1) is 0 Å². The van der Waals surface area contributed by atoms with Crippen molar-refractivity contribution in [1.82, 2.24) is 10.2 Å². The molecular weight excluding hydrogens is 460 g/mol. The van der Waals surface area contributed by atoms with Crippen molar-refractivity contribution in [2.45, 2.75) is 116 Å². The molecule has 0 amide bonds. The topological polar surface area (TPSA) is 61.3 Å². The Morgan fingerprint density at radius 3 is 2.20 bits per heavy atom. The Bertz CT molecular complexity index is 930. The van der Waals surface area contributed by atoms with Crippen LogP contribution in [-0.2, 0) is 4.79 Å². The van der Waals surface area contributed by atoms with E-state index in [9.17, 15) is 4.79 Å². The number of hydrogen-bond donors (Lipinski definition) is 0. The van der Waals surface area contributed by atoms with Crippen LogP contribution in [0.1, 0.15) is 120 Å². The molecule has 1 aliphatic rings. The summed E-state index contributed by atoms with van der Waals surface area (Å²) in [6.07, 6.45) is 17.8. The highest BCUT2D eigenvalue weighted by Gasteiger charge is 2.28. The molecule has 1 fully saturated rings. The second kappa shape index (κ2) is 15.1. The molecule has 0 saturated heterocycles. The number of nitrogens with zero attached hydrogens (tertiary/aromatic N) is 2. The quantitative estimate of drug-likeness (QED) is 0.160. The molecule has 0 radical (unpaired) electrons. The van der Waals surface area contributed by atoms with Gasteiger partial charge in [-0.05, 0) is 43.2 Å². The largest absolute Gasteiger partial charge is 0.434 e. The zero-order chi connectivity index (χ0) is 24.9. The molecule has 1 aliphatic carbocycles. The Hall–Kier alpha value is -2.14. The number of halogens is 1. The van der Waals surface area contributed by atoms with Gasteiger partial charge in [-0.3, -0.25) is 4.79 Å². The Kier molecular flexibility index (Phi) is 11.8. The van der Waals surface area contributed by atoms with Gasteiger partial charge in [0.2, 0.25) is 0 Å². The maximum Gasteiger partial charge on any atom is 0.311 e. The van der Waals surface area contributed by atoms with Crippen LogP contribution in [-0.4, -0.2) is 16.2 Å². The van der Waals surface area contributed by atoms with E-state index in [1.54, 1.807) is 0 Å². The standard InChI is InChI=1S/C29H41ClN2O3/c1-3-4-5-6-7-8-9-10-11-12-13-14-18-27(33)34-25-21-26(30)31-32-29(25)35-28-22(2)16-15-17-24(28)23-19-20-23/h15-17,21,23H,3-14,18-20H2,1-2H3. The molecule has 1 heterocycles. The fourth-order valence-electron chi connectivity index (χ4n) is 4.40. The average Bonchev–Trinajstić information content (AvgIpc) is 3.68. The summed E-state index contributed by atoms with van der Waals surface area (Å²) in [6, 6.07) is 7.63. The number of carbonyl (C=O) groups is 1. The van der Waals surface area contributed by atoms with Crippen LogP contribution in [0.3, 0.4) is 0 Å². The van der Waals surface area contributed by atoms with E-state index in [0.717, 1.165) is 49.0 Å². The second-order valence-corrected chi connectivity index (χ2v) is 10.2. The summed E-state index contributed by atoms with van der Waals surface area (Å²) >= 11 is 6.04. The van der Waals surface area contributed by atoms with E-state index in [-0.39, 0.29) is 22.8 Å². The highest BCUT2D eigenvalue weighted by molar-refractivity contribution is 6.29. The lowest BCUT2D eigenvalue weighted by molar-refractivity contribution is -0.134. The molecule has 1 aromatic carbocycles. The number of esters is 1. The molecule has 3 rings (SSSR count). The number of carbonyl (C=O) groups excluding carboxylic acids is 1. The molecule has 1 saturated carbocycles. The van der Waals surface area contributed by atoms with Gasteiger partial charge in [0.15, 0.2) is 10.9 Å². The minimum atomic E-state index is -0.293. The van der Waals surface area contributed by atoms with Gasteiger partial charge >= 0.3 is 5.97 Å². The third kappa shape index (κ3) is 9.79. The molecule has 0 unspecified atom stereocenters. The average molecular weight is 501 g/mol. The molecule has 0 bridgehead atoms. The lowest BCUT2D eigenvalue weighted by Crippen LogP contribution is -2.09. The minimum Gasteiger partial charge on any atom is -0.434 e. The molecule has 1 aromatic heterocycles. The first-order valence-electron chi connectivity index (χ1n) is 13.6. The summed E-state index contributed by atoms with van der Waals surface area (Å²) in [7, 11) is 0. The van der Waals surface area contributed by atoms with Crippen molar-refractivity contribution in [1.29, 1.82) is 0 Å². The molecule has 0 spiro atoms. The van der Waals surface area contributed by atoms with Crippen LogP contribution < -0.4 is 9.47 Å². The maximum atomic E-state index is 12.5. The van der Waals surface area contributed by atoms with Crippen LogP contribution in [0.15, 0.2) is 24.3 Å². The normalized spacial score (nSPS) is 13.1. The number of ether oxygens (including phenoxy) is 2. The van der Waals surface area contributed by atoms with Gasteiger partial charge in [-0.2, -0.15) is 0 Å². The summed E-state index contributed by atoms with van der Waals surface area (Å²) < 4.78 is 11.7. The van der Waals surface area contributed by atoms with Crippen LogP contribution in [0.2, 0.25) is 5.15 Å². The van der Waals surface area contributed by atoms with Gasteiger partial charge in [0.25, 0.3) is 5.88 Å². The predicted molar refractivity (Wildman–Crippen MR) is 142 cm³/mol. The van der Waals surface area contributed by atoms with E-state index >= 15 is 0 Å². The number of unbranched alkanes of at least 4 members (excludes halogenated alkanes) is 11. The van der Waals surface area contributed by atoms with Gasteiger partial charge < -0.3 is 9.47 Å². The van der Waals surface area contributed by atoms with Crippen molar-refractivity contribution in [2.24, 2.45) is 0 Å². The number of aryl methyl sites for hydroxylation is 1. The van der Waals surface area contributed by atoms with Crippen molar-refractivity contribution >= 4 is 17.6 Å². The van der Waals surface area contributed by atoms with E-state index in [1.807, 2.05) is 19.1 Å². The molecule has 0 N–H and O–H groups in total. The first kappa shape index (κ1) is 27.4. The Labute approximate surface area is 216 Å². The third-order valence-corrected chi connectivity index (χ3v) is 6.80. The first-order chi connectivity index (χ1) is 17.1. The van der Waals surface area contributed by atoms with E-state index < -0.39 is 0 Å². The van der Waals surface area contributed by atoms with Crippen molar-refractivity contribution in [3.8, 4) is 17.4 Å². The zero-order valence-corrected chi connectivity index (χ0v) is 22.2. The molecule has 35 heavy (non-hydrogen) atoms. The predicted octanol–water partition coefficient (Wildman–Crippen LogP) is 9.10. The molecule has 192 valence electrons. The van der Waals surface area contributed by atoms with Crippen LogP contribution in [0.25, 0.3) is 0 Å². The SMILES string of the molecule is CCCCCCCCCCCCCCC(=O)Oc1cc(Cl)nnc1Oc1c(C)cccc1C1CC1. The highest BCUT2D eigenvalue weighted by Crippen LogP contribution is 2.46. The van der Waals surface area contributed by atoms with Crippen LogP contribution >= 0.6 is 11.6 Å². The van der Waals surface area contributed by atoms with Crippen LogP contribution in [0.4, 0.5) is 0 Å². The number of hydrogen-bond acceptors (Lipinski definition) is 5. The van der Waals surface area contributed by atoms with Gasteiger partial charge in [-0.25, -0.2) is 0 Å². The summed E-state index contributed by atoms with van der Waals surface area (Å²) in [5, 5.41) is 8.14. The van der Waals surface area contributed by atoms with E-state index in [2.05, 4.69) is 23.2 Å². The lowest BCUT2D eigenvalue weighted by atomic mass is 10.0. The fourth-order valence-corrected chi connectivity index (χ4v) is 4.53. The van der Waals surface area contributed by atoms with Crippen molar-refractivity contribution < 1.29 is 14.3 Å². The number of para-hydroxylation sites is 1. The summed E-state index contributed by atoms with van der Waals surface area (Å²) in [5.74, 6) is 1.39. The molecule has 6 heteroatoms. The van der Waals surface area contributed by atoms with E-state index in [0.29, 0.717) is 12.3 Å². The molecule has 2 aromatic rings. The Morgan fingerprint density at radius 2 is 1.57 bits per heavy atom. The van der Waals surface area contributed by atoms with Crippen LogP contribution in [0.5, 0.6) is 17.4 Å². The van der Waals surface area contributed by atoms with E-state index in [4.69, 9.17) is 21.1 Å². The van der Waals surface area contributed by atoms with Crippen molar-refractivity contribution in [2.75, 3.05) is 0 Å². The Morgan fingerprint density at radius 1 is 0.943 bits per heavy atom. The number of benzene rings is 1. The number of aromatic nitrogens is 2. The first-order valence-corrected chi connectivity index (χ1v) is 14.0. The molecule has 0 aliphatic heterocycles. The second-order valence-electron chi connectivity index (χ2n) is 9.82. The number of rotatable bonds is 17. The van der Waals surface area contributed by atoms with Crippen molar-refractivity contribution in [3.05, 3.63) is 40.5 Å². The summed E-state index contributed by atoms with van der Waals surface area (Å²) in [6.45, 7) is 4.26. The van der Waals surface area contributed by atoms with Gasteiger partial charge in [-0.1, -0.05) is 107 Å². The Balaban J connectivity index is 1.39. The molecule has 0 atom stereocenters.